The van der Waals surface area contributed by atoms with Gasteiger partial charge in [-0.2, -0.15) is 0 Å². The molecule has 1 aromatic carbocycles. The molecule has 0 aromatic heterocycles. The second-order valence-corrected chi connectivity index (χ2v) is 5.62. The molecule has 4 nitrogen and oxygen atoms in total. The first-order valence-corrected chi connectivity index (χ1v) is 7.48. The molecule has 5 heteroatoms. The quantitative estimate of drug-likeness (QED) is 0.810. The van der Waals surface area contributed by atoms with Gasteiger partial charge in [0.15, 0.2) is 0 Å². The summed E-state index contributed by atoms with van der Waals surface area (Å²) in [7, 11) is 1.90. The van der Waals surface area contributed by atoms with Gasteiger partial charge in [-0.3, -0.25) is 4.79 Å². The second-order valence-electron chi connectivity index (χ2n) is 5.21. The molecule has 1 saturated carbocycles. The number of para-hydroxylation sites is 1. The molecule has 0 radical (unpaired) electrons. The Hall–Kier alpha value is -1.26. The largest absolute Gasteiger partial charge is 0.364 e. The molecule has 0 spiro atoms. The summed E-state index contributed by atoms with van der Waals surface area (Å²) in [5, 5.41) is 6.98. The Bertz CT molecular complexity index is 474. The molecule has 1 amide bonds. The summed E-state index contributed by atoms with van der Waals surface area (Å²) in [6, 6.07) is 6.53. The van der Waals surface area contributed by atoms with Crippen molar-refractivity contribution in [3.05, 3.63) is 28.8 Å². The Morgan fingerprint density at radius 1 is 1.45 bits per heavy atom. The molecule has 0 atom stereocenters. The lowest BCUT2D eigenvalue weighted by Gasteiger charge is -2.23. The van der Waals surface area contributed by atoms with Gasteiger partial charge in [-0.25, -0.2) is 0 Å². The van der Waals surface area contributed by atoms with E-state index in [4.69, 9.17) is 11.6 Å². The molecular formula is C15H22ClN3O. The number of nitrogens with one attached hydrogen (secondary N) is 2. The second kappa shape index (κ2) is 6.95. The van der Waals surface area contributed by atoms with Crippen molar-refractivity contribution in [2.75, 3.05) is 25.0 Å². The van der Waals surface area contributed by atoms with Crippen molar-refractivity contribution in [1.82, 2.24) is 10.6 Å². The van der Waals surface area contributed by atoms with E-state index in [0.717, 1.165) is 17.8 Å². The van der Waals surface area contributed by atoms with Crippen LogP contribution in [0.4, 0.5) is 5.69 Å². The molecular weight excluding hydrogens is 274 g/mol. The SMILES string of the molecule is CCNC(=O)CN(C)c1c(Cl)cccc1CNC1CC1. The fourth-order valence-corrected chi connectivity index (χ4v) is 2.56. The van der Waals surface area contributed by atoms with Crippen molar-refractivity contribution in [3.63, 3.8) is 0 Å². The molecule has 1 aromatic rings. The Morgan fingerprint density at radius 3 is 2.85 bits per heavy atom. The van der Waals surface area contributed by atoms with E-state index >= 15 is 0 Å². The molecule has 0 aliphatic heterocycles. The molecule has 0 saturated heterocycles. The number of rotatable bonds is 7. The summed E-state index contributed by atoms with van der Waals surface area (Å²) in [6.45, 7) is 3.66. The lowest BCUT2D eigenvalue weighted by Crippen LogP contribution is -2.35. The molecule has 1 aliphatic carbocycles. The van der Waals surface area contributed by atoms with Gasteiger partial charge in [0.05, 0.1) is 17.3 Å². The fourth-order valence-electron chi connectivity index (χ4n) is 2.22. The topological polar surface area (TPSA) is 44.4 Å². The van der Waals surface area contributed by atoms with E-state index in [9.17, 15) is 4.79 Å². The first-order chi connectivity index (χ1) is 9.61. The number of benzene rings is 1. The molecule has 2 N–H and O–H groups in total. The maximum Gasteiger partial charge on any atom is 0.239 e. The lowest BCUT2D eigenvalue weighted by atomic mass is 10.1. The molecule has 2 rings (SSSR count). The van der Waals surface area contributed by atoms with Crippen LogP contribution in [0, 0.1) is 0 Å². The minimum atomic E-state index is 0.0102. The summed E-state index contributed by atoms with van der Waals surface area (Å²) in [5.41, 5.74) is 2.07. The van der Waals surface area contributed by atoms with Gasteiger partial charge >= 0.3 is 0 Å². The van der Waals surface area contributed by atoms with Crippen LogP contribution in [0.3, 0.4) is 0 Å². The Balaban J connectivity index is 2.08. The predicted molar refractivity (Wildman–Crippen MR) is 83.3 cm³/mol. The highest BCUT2D eigenvalue weighted by atomic mass is 35.5. The monoisotopic (exact) mass is 295 g/mol. The van der Waals surface area contributed by atoms with Crippen LogP contribution >= 0.6 is 11.6 Å². The van der Waals surface area contributed by atoms with Crippen LogP contribution in [-0.2, 0) is 11.3 Å². The van der Waals surface area contributed by atoms with Gasteiger partial charge in [0, 0.05) is 26.2 Å². The van der Waals surface area contributed by atoms with Crippen LogP contribution in [0.1, 0.15) is 25.3 Å². The fraction of sp³-hybridized carbons (Fsp3) is 0.533. The molecule has 1 fully saturated rings. The third kappa shape index (κ3) is 4.12. The highest BCUT2D eigenvalue weighted by Gasteiger charge is 2.21. The van der Waals surface area contributed by atoms with Crippen LogP contribution in [0.15, 0.2) is 18.2 Å². The number of nitrogens with zero attached hydrogens (tertiary/aromatic N) is 1. The summed E-state index contributed by atoms with van der Waals surface area (Å²) in [4.78, 5) is 13.6. The molecule has 1 aliphatic rings. The number of anilines is 1. The average molecular weight is 296 g/mol. The average Bonchev–Trinajstić information content (AvgIpc) is 3.20. The van der Waals surface area contributed by atoms with Crippen molar-refractivity contribution in [3.8, 4) is 0 Å². The van der Waals surface area contributed by atoms with Crippen molar-refractivity contribution in [2.24, 2.45) is 0 Å². The standard InChI is InChI=1S/C15H22ClN3O/c1-3-17-14(20)10-19(2)15-11(5-4-6-13(15)16)9-18-12-7-8-12/h4-6,12,18H,3,7-10H2,1-2H3,(H,17,20). The smallest absolute Gasteiger partial charge is 0.239 e. The number of carbonyl (C=O) groups is 1. The van der Waals surface area contributed by atoms with Crippen LogP contribution in [0.5, 0.6) is 0 Å². The maximum atomic E-state index is 11.7. The molecule has 0 heterocycles. The van der Waals surface area contributed by atoms with Crippen LogP contribution < -0.4 is 15.5 Å². The highest BCUT2D eigenvalue weighted by Crippen LogP contribution is 2.30. The van der Waals surface area contributed by atoms with E-state index in [1.54, 1.807) is 0 Å². The zero-order valence-corrected chi connectivity index (χ0v) is 12.8. The first kappa shape index (κ1) is 15.1. The van der Waals surface area contributed by atoms with E-state index in [-0.39, 0.29) is 5.91 Å². The number of likely N-dealkylation sites (N-methyl/N-ethyl adjacent to an activating group) is 2. The lowest BCUT2D eigenvalue weighted by molar-refractivity contribution is -0.119. The first-order valence-electron chi connectivity index (χ1n) is 7.10. The molecule has 20 heavy (non-hydrogen) atoms. The number of halogens is 1. The Labute approximate surface area is 125 Å². The third-order valence-electron chi connectivity index (χ3n) is 3.37. The predicted octanol–water partition coefficient (Wildman–Crippen LogP) is 2.16. The van der Waals surface area contributed by atoms with Gasteiger partial charge in [0.1, 0.15) is 0 Å². The minimum Gasteiger partial charge on any atom is -0.364 e. The Morgan fingerprint density at radius 2 is 2.20 bits per heavy atom. The highest BCUT2D eigenvalue weighted by molar-refractivity contribution is 6.33. The van der Waals surface area contributed by atoms with E-state index < -0.39 is 0 Å². The van der Waals surface area contributed by atoms with Gasteiger partial charge in [0.25, 0.3) is 0 Å². The van der Waals surface area contributed by atoms with Crippen molar-refractivity contribution >= 4 is 23.2 Å². The minimum absolute atomic E-state index is 0.0102. The zero-order valence-electron chi connectivity index (χ0n) is 12.1. The van der Waals surface area contributed by atoms with E-state index in [1.165, 1.54) is 12.8 Å². The van der Waals surface area contributed by atoms with Crippen molar-refractivity contribution < 1.29 is 4.79 Å². The zero-order chi connectivity index (χ0) is 14.5. The normalized spacial score (nSPS) is 14.2. The number of carbonyl (C=O) groups excluding carboxylic acids is 1. The summed E-state index contributed by atoms with van der Waals surface area (Å²) in [6.07, 6.45) is 2.51. The van der Waals surface area contributed by atoms with Crippen molar-refractivity contribution in [1.29, 1.82) is 0 Å². The summed E-state index contributed by atoms with van der Waals surface area (Å²) >= 11 is 6.31. The number of hydrogen-bond donors (Lipinski definition) is 2. The van der Waals surface area contributed by atoms with Crippen LogP contribution in [-0.4, -0.2) is 32.1 Å². The van der Waals surface area contributed by atoms with E-state index in [1.807, 2.05) is 31.0 Å². The van der Waals surface area contributed by atoms with E-state index in [2.05, 4.69) is 16.7 Å². The molecule has 0 unspecified atom stereocenters. The summed E-state index contributed by atoms with van der Waals surface area (Å²) < 4.78 is 0. The van der Waals surface area contributed by atoms with Gasteiger partial charge in [-0.05, 0) is 31.4 Å². The number of amides is 1. The van der Waals surface area contributed by atoms with Gasteiger partial charge in [-0.1, -0.05) is 23.7 Å². The van der Waals surface area contributed by atoms with Crippen LogP contribution in [0.2, 0.25) is 5.02 Å². The molecule has 110 valence electrons. The number of hydrogen-bond acceptors (Lipinski definition) is 3. The van der Waals surface area contributed by atoms with Gasteiger partial charge in [-0.15, -0.1) is 0 Å². The van der Waals surface area contributed by atoms with Crippen molar-refractivity contribution in [2.45, 2.75) is 32.4 Å². The third-order valence-corrected chi connectivity index (χ3v) is 3.67. The Kier molecular flexibility index (Phi) is 5.26. The summed E-state index contributed by atoms with van der Waals surface area (Å²) in [5.74, 6) is 0.0102. The van der Waals surface area contributed by atoms with Gasteiger partial charge < -0.3 is 15.5 Å². The van der Waals surface area contributed by atoms with E-state index in [0.29, 0.717) is 24.2 Å². The molecule has 0 bridgehead atoms. The van der Waals surface area contributed by atoms with Crippen LogP contribution in [0.25, 0.3) is 0 Å². The van der Waals surface area contributed by atoms with Gasteiger partial charge in [0.2, 0.25) is 5.91 Å². The maximum absolute atomic E-state index is 11.7.